The van der Waals surface area contributed by atoms with Crippen LogP contribution in [0.4, 0.5) is 0 Å². The largest absolute Gasteiger partial charge is 0.345 e. The quantitative estimate of drug-likeness (QED) is 0.676. The Morgan fingerprint density at radius 3 is 2.59 bits per heavy atom. The number of H-pyrrole nitrogens is 1. The second-order valence-corrected chi connectivity index (χ2v) is 6.18. The SMILES string of the molecule is CC(c1ccccc1)c1ncc(Cc2ccc(Cl)cc2Cl)[nH]1. The van der Waals surface area contributed by atoms with Gasteiger partial charge in [-0.15, -0.1) is 0 Å². The molecule has 3 aromatic rings. The molecule has 0 bridgehead atoms. The van der Waals surface area contributed by atoms with E-state index in [9.17, 15) is 0 Å². The van der Waals surface area contributed by atoms with Gasteiger partial charge in [0.1, 0.15) is 5.82 Å². The molecule has 0 saturated carbocycles. The summed E-state index contributed by atoms with van der Waals surface area (Å²) in [6.45, 7) is 2.15. The molecule has 1 N–H and O–H groups in total. The topological polar surface area (TPSA) is 28.7 Å². The van der Waals surface area contributed by atoms with Gasteiger partial charge < -0.3 is 4.98 Å². The Morgan fingerprint density at radius 1 is 1.09 bits per heavy atom. The van der Waals surface area contributed by atoms with Crippen LogP contribution >= 0.6 is 23.2 Å². The van der Waals surface area contributed by atoms with Gasteiger partial charge in [0, 0.05) is 34.3 Å². The lowest BCUT2D eigenvalue weighted by atomic mass is 10.0. The molecule has 112 valence electrons. The summed E-state index contributed by atoms with van der Waals surface area (Å²) in [5, 5.41) is 1.33. The van der Waals surface area contributed by atoms with E-state index in [-0.39, 0.29) is 5.92 Å². The van der Waals surface area contributed by atoms with E-state index in [2.05, 4.69) is 29.0 Å². The number of nitrogens with one attached hydrogen (secondary N) is 1. The molecule has 1 unspecified atom stereocenters. The van der Waals surface area contributed by atoms with E-state index in [1.54, 1.807) is 6.07 Å². The Labute approximate surface area is 140 Å². The zero-order valence-electron chi connectivity index (χ0n) is 12.2. The minimum Gasteiger partial charge on any atom is -0.345 e. The standard InChI is InChI=1S/C18H16Cl2N2/c1-12(13-5-3-2-4-6-13)18-21-11-16(22-18)9-14-7-8-15(19)10-17(14)20/h2-8,10-12H,9H2,1H3,(H,21,22). The molecule has 2 nitrogen and oxygen atoms in total. The van der Waals surface area contributed by atoms with Gasteiger partial charge in [0.05, 0.1) is 0 Å². The van der Waals surface area contributed by atoms with Crippen LogP contribution in [0.3, 0.4) is 0 Å². The number of benzene rings is 2. The summed E-state index contributed by atoms with van der Waals surface area (Å²) in [5.41, 5.74) is 3.32. The van der Waals surface area contributed by atoms with E-state index < -0.39 is 0 Å². The molecule has 1 aromatic heterocycles. The van der Waals surface area contributed by atoms with Crippen molar-refractivity contribution in [2.75, 3.05) is 0 Å². The third-order valence-electron chi connectivity index (χ3n) is 3.75. The molecule has 0 amide bonds. The highest BCUT2D eigenvalue weighted by Gasteiger charge is 2.12. The van der Waals surface area contributed by atoms with Gasteiger partial charge in [0.2, 0.25) is 0 Å². The highest BCUT2D eigenvalue weighted by atomic mass is 35.5. The fourth-order valence-corrected chi connectivity index (χ4v) is 2.93. The number of aromatic amines is 1. The van der Waals surface area contributed by atoms with Gasteiger partial charge in [0.25, 0.3) is 0 Å². The minimum atomic E-state index is 0.232. The fourth-order valence-electron chi connectivity index (χ4n) is 2.46. The first-order valence-electron chi connectivity index (χ1n) is 7.16. The summed E-state index contributed by atoms with van der Waals surface area (Å²) in [5.74, 6) is 1.20. The van der Waals surface area contributed by atoms with E-state index in [4.69, 9.17) is 23.2 Å². The fraction of sp³-hybridized carbons (Fsp3) is 0.167. The van der Waals surface area contributed by atoms with Crippen LogP contribution < -0.4 is 0 Å². The second-order valence-electron chi connectivity index (χ2n) is 5.34. The Balaban J connectivity index is 1.79. The van der Waals surface area contributed by atoms with Gasteiger partial charge >= 0.3 is 0 Å². The Hall–Kier alpha value is -1.77. The lowest BCUT2D eigenvalue weighted by Crippen LogP contribution is -1.98. The van der Waals surface area contributed by atoms with Crippen molar-refractivity contribution in [2.45, 2.75) is 19.3 Å². The summed E-state index contributed by atoms with van der Waals surface area (Å²) in [7, 11) is 0. The zero-order chi connectivity index (χ0) is 15.5. The van der Waals surface area contributed by atoms with Crippen molar-refractivity contribution in [1.82, 2.24) is 9.97 Å². The van der Waals surface area contributed by atoms with Gasteiger partial charge in [-0.2, -0.15) is 0 Å². The van der Waals surface area contributed by atoms with Crippen molar-refractivity contribution in [2.24, 2.45) is 0 Å². The van der Waals surface area contributed by atoms with Gasteiger partial charge in [-0.25, -0.2) is 4.98 Å². The van der Waals surface area contributed by atoms with Gasteiger partial charge in [-0.05, 0) is 23.3 Å². The molecule has 0 radical (unpaired) electrons. The normalized spacial score (nSPS) is 12.3. The van der Waals surface area contributed by atoms with Crippen LogP contribution in [0.15, 0.2) is 54.7 Å². The summed E-state index contributed by atoms with van der Waals surface area (Å²) >= 11 is 12.2. The van der Waals surface area contributed by atoms with Crippen molar-refractivity contribution in [3.63, 3.8) is 0 Å². The average molecular weight is 331 g/mol. The van der Waals surface area contributed by atoms with Crippen LogP contribution in [0, 0.1) is 0 Å². The number of aromatic nitrogens is 2. The van der Waals surface area contributed by atoms with E-state index in [0.717, 1.165) is 17.1 Å². The van der Waals surface area contributed by atoms with Gasteiger partial charge in [-0.3, -0.25) is 0 Å². The number of hydrogen-bond donors (Lipinski definition) is 1. The molecular formula is C18H16Cl2N2. The molecule has 4 heteroatoms. The number of hydrogen-bond acceptors (Lipinski definition) is 1. The van der Waals surface area contributed by atoms with E-state index >= 15 is 0 Å². The second kappa shape index (κ2) is 6.55. The first-order valence-corrected chi connectivity index (χ1v) is 7.91. The maximum Gasteiger partial charge on any atom is 0.113 e. The molecule has 0 aliphatic carbocycles. The minimum absolute atomic E-state index is 0.232. The number of halogens is 2. The van der Waals surface area contributed by atoms with Crippen molar-refractivity contribution in [1.29, 1.82) is 0 Å². The van der Waals surface area contributed by atoms with Crippen LogP contribution in [0.25, 0.3) is 0 Å². The molecule has 2 aromatic carbocycles. The number of imidazole rings is 1. The molecular weight excluding hydrogens is 315 g/mol. The predicted molar refractivity (Wildman–Crippen MR) is 91.8 cm³/mol. The van der Waals surface area contributed by atoms with Crippen molar-refractivity contribution in [3.05, 3.63) is 87.4 Å². The van der Waals surface area contributed by atoms with Crippen LogP contribution in [0.1, 0.15) is 35.5 Å². The van der Waals surface area contributed by atoms with Gasteiger partial charge in [-0.1, -0.05) is 66.5 Å². The number of nitrogens with zero attached hydrogens (tertiary/aromatic N) is 1. The van der Waals surface area contributed by atoms with Gasteiger partial charge in [0.15, 0.2) is 0 Å². The molecule has 0 spiro atoms. The maximum atomic E-state index is 6.23. The Bertz CT molecular complexity index is 766. The molecule has 0 aliphatic heterocycles. The lowest BCUT2D eigenvalue weighted by molar-refractivity contribution is 0.834. The smallest absolute Gasteiger partial charge is 0.113 e. The molecule has 0 aliphatic rings. The van der Waals surface area contributed by atoms with E-state index in [1.165, 1.54) is 5.56 Å². The van der Waals surface area contributed by atoms with Crippen molar-refractivity contribution in [3.8, 4) is 0 Å². The molecule has 22 heavy (non-hydrogen) atoms. The van der Waals surface area contributed by atoms with Crippen LogP contribution in [-0.4, -0.2) is 9.97 Å². The van der Waals surface area contributed by atoms with Crippen LogP contribution in [0.2, 0.25) is 10.0 Å². The first kappa shape index (κ1) is 15.1. The van der Waals surface area contributed by atoms with Crippen LogP contribution in [0.5, 0.6) is 0 Å². The monoisotopic (exact) mass is 330 g/mol. The Kier molecular flexibility index (Phi) is 4.51. The summed E-state index contributed by atoms with van der Waals surface area (Å²) < 4.78 is 0. The van der Waals surface area contributed by atoms with E-state index in [0.29, 0.717) is 16.5 Å². The molecule has 1 heterocycles. The van der Waals surface area contributed by atoms with Crippen molar-refractivity contribution < 1.29 is 0 Å². The zero-order valence-corrected chi connectivity index (χ0v) is 13.7. The predicted octanol–water partition coefficient (Wildman–Crippen LogP) is 5.46. The first-order chi connectivity index (χ1) is 10.6. The Morgan fingerprint density at radius 2 is 1.86 bits per heavy atom. The third kappa shape index (κ3) is 3.34. The summed E-state index contributed by atoms with van der Waals surface area (Å²) in [6, 6.07) is 15.9. The molecule has 0 fully saturated rings. The molecule has 1 atom stereocenters. The highest BCUT2D eigenvalue weighted by Crippen LogP contribution is 2.25. The maximum absolute atomic E-state index is 6.23. The molecule has 0 saturated heterocycles. The summed E-state index contributed by atoms with van der Waals surface area (Å²) in [6.07, 6.45) is 2.59. The summed E-state index contributed by atoms with van der Waals surface area (Å²) in [4.78, 5) is 7.91. The highest BCUT2D eigenvalue weighted by molar-refractivity contribution is 6.35. The van der Waals surface area contributed by atoms with Crippen molar-refractivity contribution >= 4 is 23.2 Å². The van der Waals surface area contributed by atoms with Crippen LogP contribution in [-0.2, 0) is 6.42 Å². The third-order valence-corrected chi connectivity index (χ3v) is 4.34. The van der Waals surface area contributed by atoms with E-state index in [1.807, 2.05) is 36.5 Å². The number of rotatable bonds is 4. The lowest BCUT2D eigenvalue weighted by Gasteiger charge is -2.08. The average Bonchev–Trinajstić information content (AvgIpc) is 2.99. The molecule has 3 rings (SSSR count).